The van der Waals surface area contributed by atoms with Crippen molar-refractivity contribution in [3.8, 4) is 0 Å². The minimum Gasteiger partial charge on any atom is -0.472 e. The Hall–Kier alpha value is -0.800. The molecule has 0 bridgehead atoms. The van der Waals surface area contributed by atoms with Crippen molar-refractivity contribution >= 4 is 0 Å². The molecule has 1 unspecified atom stereocenters. The average Bonchev–Trinajstić information content (AvgIpc) is 2.85. The molecule has 1 heterocycles. The lowest BCUT2D eigenvalue weighted by atomic mass is 9.68. The molecule has 0 spiro atoms. The molecule has 1 aliphatic rings. The third kappa shape index (κ3) is 2.62. The van der Waals surface area contributed by atoms with Crippen molar-refractivity contribution in [2.75, 3.05) is 6.61 Å². The maximum absolute atomic E-state index is 6.44. The highest BCUT2D eigenvalue weighted by Gasteiger charge is 2.44. The number of rotatable bonds is 4. The van der Waals surface area contributed by atoms with Crippen molar-refractivity contribution in [2.24, 2.45) is 11.1 Å². The van der Waals surface area contributed by atoms with Gasteiger partial charge < -0.3 is 14.9 Å². The Morgan fingerprint density at radius 2 is 2.00 bits per heavy atom. The lowest BCUT2D eigenvalue weighted by Gasteiger charge is -2.46. The van der Waals surface area contributed by atoms with E-state index >= 15 is 0 Å². The van der Waals surface area contributed by atoms with Crippen LogP contribution in [0.15, 0.2) is 23.0 Å². The molecule has 1 aromatic rings. The van der Waals surface area contributed by atoms with Crippen LogP contribution in [0.5, 0.6) is 0 Å². The van der Waals surface area contributed by atoms with Gasteiger partial charge in [0, 0.05) is 12.2 Å². The van der Waals surface area contributed by atoms with Crippen LogP contribution in [-0.2, 0) is 4.74 Å². The molecule has 0 aliphatic heterocycles. The van der Waals surface area contributed by atoms with Crippen LogP contribution in [0.1, 0.15) is 58.1 Å². The van der Waals surface area contributed by atoms with Crippen LogP contribution in [0.3, 0.4) is 0 Å². The molecule has 0 saturated heterocycles. The zero-order chi connectivity index (χ0) is 13.2. The Morgan fingerprint density at radius 1 is 1.33 bits per heavy atom. The second-order valence-corrected chi connectivity index (χ2v) is 6.20. The molecule has 1 saturated carbocycles. The van der Waals surface area contributed by atoms with Gasteiger partial charge in [-0.1, -0.05) is 13.8 Å². The number of furan rings is 1. The SMILES string of the molecule is CCOC1(C(N)c2ccoc2)CCC(C)(C)CC1. The van der Waals surface area contributed by atoms with E-state index in [1.165, 1.54) is 12.8 Å². The number of hydrogen-bond donors (Lipinski definition) is 1. The molecule has 1 aliphatic carbocycles. The van der Waals surface area contributed by atoms with Crippen molar-refractivity contribution < 1.29 is 9.15 Å². The Kier molecular flexibility index (Phi) is 3.83. The number of hydrogen-bond acceptors (Lipinski definition) is 3. The Morgan fingerprint density at radius 3 is 2.50 bits per heavy atom. The van der Waals surface area contributed by atoms with Gasteiger partial charge >= 0.3 is 0 Å². The van der Waals surface area contributed by atoms with Gasteiger partial charge in [-0.05, 0) is 44.1 Å². The molecule has 0 aromatic carbocycles. The molecular weight excluding hydrogens is 226 g/mol. The highest BCUT2D eigenvalue weighted by atomic mass is 16.5. The third-order valence-corrected chi connectivity index (χ3v) is 4.35. The van der Waals surface area contributed by atoms with Gasteiger partial charge in [0.1, 0.15) is 0 Å². The smallest absolute Gasteiger partial charge is 0.0951 e. The molecule has 0 radical (unpaired) electrons. The molecule has 2 N–H and O–H groups in total. The van der Waals surface area contributed by atoms with E-state index in [9.17, 15) is 0 Å². The summed E-state index contributed by atoms with van der Waals surface area (Å²) in [6, 6.07) is 1.86. The topological polar surface area (TPSA) is 48.4 Å². The zero-order valence-electron chi connectivity index (χ0n) is 11.7. The summed E-state index contributed by atoms with van der Waals surface area (Å²) in [5.74, 6) is 0. The van der Waals surface area contributed by atoms with Gasteiger partial charge in [0.15, 0.2) is 0 Å². The first kappa shape index (κ1) is 13.6. The van der Waals surface area contributed by atoms with Crippen LogP contribution < -0.4 is 5.73 Å². The van der Waals surface area contributed by atoms with Gasteiger partial charge in [-0.2, -0.15) is 0 Å². The summed E-state index contributed by atoms with van der Waals surface area (Å²) >= 11 is 0. The lowest BCUT2D eigenvalue weighted by Crippen LogP contribution is -2.47. The van der Waals surface area contributed by atoms with E-state index in [-0.39, 0.29) is 11.6 Å². The highest BCUT2D eigenvalue weighted by Crippen LogP contribution is 2.46. The van der Waals surface area contributed by atoms with Crippen LogP contribution >= 0.6 is 0 Å². The van der Waals surface area contributed by atoms with Gasteiger partial charge in [0.2, 0.25) is 0 Å². The van der Waals surface area contributed by atoms with E-state index in [0.29, 0.717) is 12.0 Å². The van der Waals surface area contributed by atoms with Crippen LogP contribution in [0.2, 0.25) is 0 Å². The molecule has 3 nitrogen and oxygen atoms in total. The van der Waals surface area contributed by atoms with Crippen LogP contribution in [0.4, 0.5) is 0 Å². The fraction of sp³-hybridized carbons (Fsp3) is 0.733. The van der Waals surface area contributed by atoms with E-state index in [4.69, 9.17) is 14.9 Å². The maximum Gasteiger partial charge on any atom is 0.0951 e. The van der Waals surface area contributed by atoms with Crippen LogP contribution in [0, 0.1) is 5.41 Å². The second kappa shape index (κ2) is 5.06. The number of ether oxygens (including phenoxy) is 1. The fourth-order valence-corrected chi connectivity index (χ4v) is 2.94. The van der Waals surface area contributed by atoms with E-state index < -0.39 is 0 Å². The standard InChI is InChI=1S/C15H25NO2/c1-4-18-15(8-6-14(2,3)7-9-15)13(16)12-5-10-17-11-12/h5,10-11,13H,4,6-9,16H2,1-3H3. The number of nitrogens with two attached hydrogens (primary N) is 1. The highest BCUT2D eigenvalue weighted by molar-refractivity contribution is 5.17. The summed E-state index contributed by atoms with van der Waals surface area (Å²) in [5.41, 5.74) is 7.68. The minimum absolute atomic E-state index is 0.0905. The predicted molar refractivity (Wildman–Crippen MR) is 72.2 cm³/mol. The first-order valence-corrected chi connectivity index (χ1v) is 6.91. The van der Waals surface area contributed by atoms with Crippen LogP contribution in [0.25, 0.3) is 0 Å². The Labute approximate surface area is 110 Å². The molecule has 1 fully saturated rings. The third-order valence-electron chi connectivity index (χ3n) is 4.35. The van der Waals surface area contributed by atoms with E-state index in [0.717, 1.165) is 18.4 Å². The van der Waals surface area contributed by atoms with Gasteiger partial charge in [-0.25, -0.2) is 0 Å². The van der Waals surface area contributed by atoms with Crippen molar-refractivity contribution in [2.45, 2.75) is 58.1 Å². The summed E-state index contributed by atoms with van der Waals surface area (Å²) in [4.78, 5) is 0. The predicted octanol–water partition coefficient (Wildman–Crippen LogP) is 3.65. The van der Waals surface area contributed by atoms with Crippen molar-refractivity contribution in [1.82, 2.24) is 0 Å². The van der Waals surface area contributed by atoms with E-state index in [1.807, 2.05) is 13.0 Å². The Bertz CT molecular complexity index is 360. The lowest BCUT2D eigenvalue weighted by molar-refractivity contribution is -0.100. The molecule has 2 rings (SSSR count). The maximum atomic E-state index is 6.44. The van der Waals surface area contributed by atoms with Gasteiger partial charge in [0.05, 0.1) is 24.2 Å². The van der Waals surface area contributed by atoms with Crippen molar-refractivity contribution in [1.29, 1.82) is 0 Å². The Balaban J connectivity index is 2.17. The van der Waals surface area contributed by atoms with Crippen molar-refractivity contribution in [3.63, 3.8) is 0 Å². The molecule has 18 heavy (non-hydrogen) atoms. The van der Waals surface area contributed by atoms with Crippen LogP contribution in [-0.4, -0.2) is 12.2 Å². The summed E-state index contributed by atoms with van der Waals surface area (Å²) < 4.78 is 11.2. The van der Waals surface area contributed by atoms with Gasteiger partial charge in [-0.3, -0.25) is 0 Å². The summed E-state index contributed by atoms with van der Waals surface area (Å²) in [6.45, 7) is 7.41. The first-order chi connectivity index (χ1) is 8.49. The minimum atomic E-state index is -0.214. The second-order valence-electron chi connectivity index (χ2n) is 6.20. The monoisotopic (exact) mass is 251 g/mol. The van der Waals surface area contributed by atoms with Crippen molar-refractivity contribution in [3.05, 3.63) is 24.2 Å². The molecule has 3 heteroatoms. The quantitative estimate of drug-likeness (QED) is 0.888. The van der Waals surface area contributed by atoms with Gasteiger partial charge in [0.25, 0.3) is 0 Å². The average molecular weight is 251 g/mol. The normalized spacial score (nSPS) is 23.8. The molecular formula is C15H25NO2. The summed E-state index contributed by atoms with van der Waals surface area (Å²) in [7, 11) is 0. The van der Waals surface area contributed by atoms with Gasteiger partial charge in [-0.15, -0.1) is 0 Å². The molecule has 0 amide bonds. The fourth-order valence-electron chi connectivity index (χ4n) is 2.94. The first-order valence-electron chi connectivity index (χ1n) is 6.91. The molecule has 1 aromatic heterocycles. The summed E-state index contributed by atoms with van der Waals surface area (Å²) in [5, 5.41) is 0. The zero-order valence-corrected chi connectivity index (χ0v) is 11.7. The van der Waals surface area contributed by atoms with E-state index in [1.54, 1.807) is 12.5 Å². The van der Waals surface area contributed by atoms with E-state index in [2.05, 4.69) is 13.8 Å². The summed E-state index contributed by atoms with van der Waals surface area (Å²) in [6.07, 6.45) is 7.81. The molecule has 102 valence electrons. The largest absolute Gasteiger partial charge is 0.472 e. The molecule has 1 atom stereocenters.